The van der Waals surface area contributed by atoms with Gasteiger partial charge in [-0.3, -0.25) is 9.69 Å². The number of halogens is 1. The van der Waals surface area contributed by atoms with Crippen molar-refractivity contribution in [2.75, 3.05) is 25.0 Å². The monoisotopic (exact) mass is 305 g/mol. The molecule has 5 heteroatoms. The molecule has 0 unspecified atom stereocenters. The second kappa shape index (κ2) is 7.50. The third kappa shape index (κ3) is 5.01. The highest BCUT2D eigenvalue weighted by Crippen LogP contribution is 2.13. The highest BCUT2D eigenvalue weighted by molar-refractivity contribution is 9.10. The van der Waals surface area contributed by atoms with E-state index in [1.165, 1.54) is 0 Å². The maximum absolute atomic E-state index is 11.7. The van der Waals surface area contributed by atoms with Crippen LogP contribution in [0.4, 0.5) is 5.69 Å². The minimum Gasteiger partial charge on any atom is -0.325 e. The number of nitrogens with zero attached hydrogens (tertiary/aromatic N) is 2. The second-order valence-electron chi connectivity index (χ2n) is 3.56. The largest absolute Gasteiger partial charge is 0.325 e. The molecule has 0 bridgehead atoms. The third-order valence-corrected chi connectivity index (χ3v) is 2.63. The van der Waals surface area contributed by atoms with E-state index in [0.717, 1.165) is 4.47 Å². The first kappa shape index (κ1) is 14.2. The third-order valence-electron chi connectivity index (χ3n) is 2.10. The fourth-order valence-corrected chi connectivity index (χ4v) is 1.60. The van der Waals surface area contributed by atoms with Crippen LogP contribution >= 0.6 is 15.9 Å². The smallest absolute Gasteiger partial charge is 0.238 e. The molecule has 0 fully saturated rings. The lowest BCUT2D eigenvalue weighted by Crippen LogP contribution is -2.33. The number of terminal acetylenes is 1. The molecule has 0 aromatic heterocycles. The number of benzene rings is 1. The molecule has 1 amide bonds. The van der Waals surface area contributed by atoms with Crippen LogP contribution in [-0.4, -0.2) is 30.4 Å². The molecule has 0 aliphatic rings. The molecule has 0 saturated heterocycles. The quantitative estimate of drug-likeness (QED) is 0.667. The van der Waals surface area contributed by atoms with Crippen molar-refractivity contribution in [1.82, 2.24) is 4.90 Å². The number of amides is 1. The summed E-state index contributed by atoms with van der Waals surface area (Å²) < 4.78 is 0.943. The topological polar surface area (TPSA) is 56.1 Å². The molecule has 1 N–H and O–H groups in total. The first-order chi connectivity index (χ1) is 8.65. The number of hydrogen-bond acceptors (Lipinski definition) is 3. The lowest BCUT2D eigenvalue weighted by Gasteiger charge is -2.15. The van der Waals surface area contributed by atoms with Gasteiger partial charge in [0.25, 0.3) is 0 Å². The van der Waals surface area contributed by atoms with Crippen molar-refractivity contribution in [3.05, 3.63) is 28.7 Å². The number of anilines is 1. The van der Waals surface area contributed by atoms with Gasteiger partial charge in [-0.2, -0.15) is 5.26 Å². The van der Waals surface area contributed by atoms with Gasteiger partial charge in [-0.1, -0.05) is 21.9 Å². The van der Waals surface area contributed by atoms with E-state index in [1.54, 1.807) is 17.0 Å². The minimum atomic E-state index is -0.192. The fraction of sp³-hybridized carbons (Fsp3) is 0.231. The van der Waals surface area contributed by atoms with Crippen molar-refractivity contribution in [2.45, 2.75) is 0 Å². The van der Waals surface area contributed by atoms with Crippen LogP contribution in [0.15, 0.2) is 28.7 Å². The average molecular weight is 306 g/mol. The van der Waals surface area contributed by atoms with Crippen LogP contribution in [0.1, 0.15) is 0 Å². The number of nitriles is 1. The van der Waals surface area contributed by atoms with E-state index in [-0.39, 0.29) is 25.5 Å². The summed E-state index contributed by atoms with van der Waals surface area (Å²) in [5, 5.41) is 11.3. The zero-order valence-corrected chi connectivity index (χ0v) is 11.3. The van der Waals surface area contributed by atoms with Crippen LogP contribution in [0.5, 0.6) is 0 Å². The Bertz CT molecular complexity index is 468. The van der Waals surface area contributed by atoms with Crippen LogP contribution in [0.2, 0.25) is 0 Å². The molecule has 4 nitrogen and oxygen atoms in total. The number of hydrogen-bond donors (Lipinski definition) is 1. The van der Waals surface area contributed by atoms with Gasteiger partial charge in [0.2, 0.25) is 5.91 Å². The Morgan fingerprint density at radius 2 is 2.06 bits per heavy atom. The van der Waals surface area contributed by atoms with E-state index >= 15 is 0 Å². The van der Waals surface area contributed by atoms with E-state index in [0.29, 0.717) is 5.69 Å². The highest BCUT2D eigenvalue weighted by atomic mass is 79.9. The molecule has 0 radical (unpaired) electrons. The Morgan fingerprint density at radius 1 is 1.39 bits per heavy atom. The van der Waals surface area contributed by atoms with E-state index in [1.807, 2.05) is 18.2 Å². The van der Waals surface area contributed by atoms with Gasteiger partial charge in [0.15, 0.2) is 0 Å². The van der Waals surface area contributed by atoms with Crippen molar-refractivity contribution in [3.8, 4) is 18.4 Å². The number of carbonyl (C=O) groups excluding carboxylic acids is 1. The van der Waals surface area contributed by atoms with E-state index in [4.69, 9.17) is 11.7 Å². The van der Waals surface area contributed by atoms with Crippen LogP contribution in [-0.2, 0) is 4.79 Å². The Hall–Kier alpha value is -1.82. The van der Waals surface area contributed by atoms with Gasteiger partial charge < -0.3 is 5.32 Å². The van der Waals surface area contributed by atoms with E-state index in [2.05, 4.69) is 27.2 Å². The van der Waals surface area contributed by atoms with Gasteiger partial charge in [0.05, 0.1) is 25.7 Å². The normalized spacial score (nSPS) is 9.56. The van der Waals surface area contributed by atoms with Crippen molar-refractivity contribution in [3.63, 3.8) is 0 Å². The standard InChI is InChI=1S/C13H12BrN3O/c1-2-8-17(9-7-15)10-13(18)16-12-5-3-11(14)4-6-12/h1,3-6H,8-10H2,(H,16,18). The van der Waals surface area contributed by atoms with Gasteiger partial charge in [0.1, 0.15) is 0 Å². The Labute approximate surface area is 115 Å². The van der Waals surface area contributed by atoms with Crippen molar-refractivity contribution in [1.29, 1.82) is 5.26 Å². The first-order valence-electron chi connectivity index (χ1n) is 5.24. The summed E-state index contributed by atoms with van der Waals surface area (Å²) in [7, 11) is 0. The first-order valence-corrected chi connectivity index (χ1v) is 6.03. The molecule has 1 aromatic carbocycles. The summed E-state index contributed by atoms with van der Waals surface area (Å²) in [5.74, 6) is 2.23. The molecule has 18 heavy (non-hydrogen) atoms. The summed E-state index contributed by atoms with van der Waals surface area (Å²) in [6.45, 7) is 0.521. The summed E-state index contributed by atoms with van der Waals surface area (Å²) in [6.07, 6.45) is 5.17. The zero-order chi connectivity index (χ0) is 13.4. The van der Waals surface area contributed by atoms with Crippen molar-refractivity contribution < 1.29 is 4.79 Å². The highest BCUT2D eigenvalue weighted by Gasteiger charge is 2.09. The Balaban J connectivity index is 2.52. The molecule has 0 aliphatic carbocycles. The molecule has 0 aliphatic heterocycles. The van der Waals surface area contributed by atoms with Crippen LogP contribution in [0.25, 0.3) is 0 Å². The second-order valence-corrected chi connectivity index (χ2v) is 4.48. The van der Waals surface area contributed by atoms with Crippen molar-refractivity contribution >= 4 is 27.5 Å². The summed E-state index contributed by atoms with van der Waals surface area (Å²) in [6, 6.07) is 9.23. The molecule has 1 rings (SSSR count). The minimum absolute atomic E-state index is 0.105. The van der Waals surface area contributed by atoms with Gasteiger partial charge in [0, 0.05) is 10.2 Å². The zero-order valence-electron chi connectivity index (χ0n) is 9.69. The van der Waals surface area contributed by atoms with E-state index in [9.17, 15) is 4.79 Å². The SMILES string of the molecule is C#CCN(CC#N)CC(=O)Nc1ccc(Br)cc1. The number of nitrogens with one attached hydrogen (secondary N) is 1. The molecule has 0 heterocycles. The molecule has 0 spiro atoms. The van der Waals surface area contributed by atoms with E-state index < -0.39 is 0 Å². The van der Waals surface area contributed by atoms with Gasteiger partial charge in [-0.05, 0) is 24.3 Å². The van der Waals surface area contributed by atoms with Gasteiger partial charge in [-0.15, -0.1) is 6.42 Å². The molecular weight excluding hydrogens is 294 g/mol. The van der Waals surface area contributed by atoms with Crippen LogP contribution < -0.4 is 5.32 Å². The molecule has 0 saturated carbocycles. The van der Waals surface area contributed by atoms with Crippen LogP contribution in [0, 0.1) is 23.7 Å². The molecule has 1 aromatic rings. The predicted octanol–water partition coefficient (Wildman–Crippen LogP) is 1.85. The average Bonchev–Trinajstić information content (AvgIpc) is 2.33. The Morgan fingerprint density at radius 3 is 2.61 bits per heavy atom. The lowest BCUT2D eigenvalue weighted by molar-refractivity contribution is -0.117. The Kier molecular flexibility index (Phi) is 5.93. The summed E-state index contributed by atoms with van der Waals surface area (Å²) in [5.41, 5.74) is 0.709. The fourth-order valence-electron chi connectivity index (χ4n) is 1.33. The maximum Gasteiger partial charge on any atom is 0.238 e. The molecular formula is C13H12BrN3O. The molecule has 92 valence electrons. The van der Waals surface area contributed by atoms with Crippen molar-refractivity contribution in [2.24, 2.45) is 0 Å². The predicted molar refractivity (Wildman–Crippen MR) is 73.7 cm³/mol. The van der Waals surface area contributed by atoms with Crippen LogP contribution in [0.3, 0.4) is 0 Å². The maximum atomic E-state index is 11.7. The summed E-state index contributed by atoms with van der Waals surface area (Å²) in [4.78, 5) is 13.3. The lowest BCUT2D eigenvalue weighted by atomic mass is 10.3. The number of rotatable bonds is 5. The van der Waals surface area contributed by atoms with Gasteiger partial charge >= 0.3 is 0 Å². The van der Waals surface area contributed by atoms with Gasteiger partial charge in [-0.25, -0.2) is 0 Å². The number of carbonyl (C=O) groups is 1. The molecule has 0 atom stereocenters. The summed E-state index contributed by atoms with van der Waals surface area (Å²) >= 11 is 3.31.